The normalized spacial score (nSPS) is 14.9. The molecule has 5 N–H and O–H groups in total. The number of thioether (sulfide) groups is 3. The highest BCUT2D eigenvalue weighted by Gasteiger charge is 2.31. The minimum atomic E-state index is -0.405. The van der Waals surface area contributed by atoms with E-state index in [0.717, 1.165) is 30.2 Å². The molecule has 40 heavy (non-hydrogen) atoms. The van der Waals surface area contributed by atoms with Crippen LogP contribution in [0.3, 0.4) is 0 Å². The summed E-state index contributed by atoms with van der Waals surface area (Å²) in [6.45, 7) is 0.766. The molecule has 1 aliphatic rings. The zero-order valence-corrected chi connectivity index (χ0v) is 26.4. The van der Waals surface area contributed by atoms with E-state index in [2.05, 4.69) is 5.32 Å². The van der Waals surface area contributed by atoms with Gasteiger partial charge in [-0.05, 0) is 43.4 Å². The van der Waals surface area contributed by atoms with E-state index in [9.17, 15) is 24.0 Å². The van der Waals surface area contributed by atoms with Gasteiger partial charge in [0, 0.05) is 24.5 Å². The van der Waals surface area contributed by atoms with Crippen molar-refractivity contribution >= 4 is 87.4 Å². The fourth-order valence-electron chi connectivity index (χ4n) is 3.59. The SMILES string of the molecule is CN(CCOc1ccc(CC2SC(=O)NC2=O)cc1)C(=O)CCCCC(CCSC(=O)CN)SC(=O)CN.Cl.Cl. The molecule has 0 saturated carbocycles. The van der Waals surface area contributed by atoms with Gasteiger partial charge in [-0.15, -0.1) is 24.8 Å². The van der Waals surface area contributed by atoms with E-state index in [1.54, 1.807) is 11.9 Å². The van der Waals surface area contributed by atoms with Crippen LogP contribution in [0.25, 0.3) is 0 Å². The number of amides is 3. The van der Waals surface area contributed by atoms with Crippen molar-refractivity contribution in [1.29, 1.82) is 0 Å². The maximum absolute atomic E-state index is 12.5. The highest BCUT2D eigenvalue weighted by Crippen LogP contribution is 2.25. The van der Waals surface area contributed by atoms with Gasteiger partial charge < -0.3 is 21.1 Å². The third-order valence-electron chi connectivity index (χ3n) is 5.73. The second-order valence-corrected chi connectivity index (χ2v) is 12.4. The molecule has 0 bridgehead atoms. The number of rotatable bonds is 17. The summed E-state index contributed by atoms with van der Waals surface area (Å²) >= 11 is 3.41. The molecule has 0 aliphatic carbocycles. The van der Waals surface area contributed by atoms with E-state index >= 15 is 0 Å². The first-order valence-corrected chi connectivity index (χ1v) is 15.2. The fraction of sp³-hybridized carbons (Fsp3) is 0.560. The number of hydrogen-bond acceptors (Lipinski definition) is 11. The second-order valence-electron chi connectivity index (χ2n) is 8.67. The molecule has 2 rings (SSSR count). The Hall–Kier alpha value is -1.48. The molecule has 2 atom stereocenters. The number of nitrogens with two attached hydrogens (primary N) is 2. The van der Waals surface area contributed by atoms with Crippen molar-refractivity contribution in [1.82, 2.24) is 10.2 Å². The van der Waals surface area contributed by atoms with Crippen molar-refractivity contribution in [3.63, 3.8) is 0 Å². The number of hydrogen-bond donors (Lipinski definition) is 3. The second kappa shape index (κ2) is 21.3. The maximum Gasteiger partial charge on any atom is 0.286 e. The molecule has 1 saturated heterocycles. The molecule has 10 nitrogen and oxygen atoms in total. The lowest BCUT2D eigenvalue weighted by molar-refractivity contribution is -0.130. The molecule has 0 aromatic heterocycles. The van der Waals surface area contributed by atoms with E-state index in [1.165, 1.54) is 23.5 Å². The molecule has 3 amide bonds. The predicted octanol–water partition coefficient (Wildman–Crippen LogP) is 3.02. The van der Waals surface area contributed by atoms with E-state index in [1.807, 2.05) is 24.3 Å². The van der Waals surface area contributed by atoms with Crippen LogP contribution in [-0.2, 0) is 25.6 Å². The Morgan fingerprint density at radius 3 is 2.33 bits per heavy atom. The van der Waals surface area contributed by atoms with Crippen molar-refractivity contribution in [3.8, 4) is 5.75 Å². The van der Waals surface area contributed by atoms with Gasteiger partial charge in [-0.1, -0.05) is 53.8 Å². The Morgan fingerprint density at radius 1 is 1.05 bits per heavy atom. The number of benzene rings is 1. The summed E-state index contributed by atoms with van der Waals surface area (Å²) in [6, 6.07) is 7.35. The first-order chi connectivity index (χ1) is 18.2. The monoisotopic (exact) mass is 656 g/mol. The van der Waals surface area contributed by atoms with Crippen LogP contribution in [0.5, 0.6) is 5.75 Å². The summed E-state index contributed by atoms with van der Waals surface area (Å²) in [5.41, 5.74) is 11.7. The molecule has 2 unspecified atom stereocenters. The third-order valence-corrected chi connectivity index (χ3v) is 8.88. The quantitative estimate of drug-likeness (QED) is 0.211. The molecule has 0 spiro atoms. The Kier molecular flexibility index (Phi) is 20.5. The maximum atomic E-state index is 12.5. The minimum Gasteiger partial charge on any atom is -0.492 e. The van der Waals surface area contributed by atoms with Crippen LogP contribution < -0.4 is 21.5 Å². The first kappa shape index (κ1) is 38.5. The summed E-state index contributed by atoms with van der Waals surface area (Å²) in [4.78, 5) is 60.3. The van der Waals surface area contributed by atoms with Gasteiger partial charge in [-0.25, -0.2) is 0 Å². The zero-order valence-electron chi connectivity index (χ0n) is 22.3. The summed E-state index contributed by atoms with van der Waals surface area (Å²) in [6.07, 6.45) is 3.84. The van der Waals surface area contributed by atoms with Crippen LogP contribution in [-0.4, -0.2) is 81.7 Å². The molecular formula is C25H38Cl2N4O6S3. The van der Waals surface area contributed by atoms with Crippen molar-refractivity contribution < 1.29 is 28.7 Å². The highest BCUT2D eigenvalue weighted by molar-refractivity contribution is 8.15. The lowest BCUT2D eigenvalue weighted by atomic mass is 10.1. The fourth-order valence-corrected chi connectivity index (χ4v) is 6.33. The molecule has 1 aromatic rings. The molecule has 1 heterocycles. The molecule has 15 heteroatoms. The van der Waals surface area contributed by atoms with Crippen LogP contribution in [0.15, 0.2) is 24.3 Å². The van der Waals surface area contributed by atoms with Crippen molar-refractivity contribution in [2.24, 2.45) is 11.5 Å². The largest absolute Gasteiger partial charge is 0.492 e. The summed E-state index contributed by atoms with van der Waals surface area (Å²) in [5.74, 6) is 1.03. The number of unbranched alkanes of at least 4 members (excludes halogenated alkanes) is 1. The van der Waals surface area contributed by atoms with Crippen molar-refractivity contribution in [2.75, 3.05) is 39.0 Å². The molecule has 1 aliphatic heterocycles. The molecule has 1 aromatic carbocycles. The van der Waals surface area contributed by atoms with E-state index in [4.69, 9.17) is 16.2 Å². The first-order valence-electron chi connectivity index (χ1n) is 12.4. The summed E-state index contributed by atoms with van der Waals surface area (Å²) < 4.78 is 5.75. The van der Waals surface area contributed by atoms with E-state index in [-0.39, 0.29) is 70.4 Å². The van der Waals surface area contributed by atoms with Crippen LogP contribution in [0.4, 0.5) is 4.79 Å². The van der Waals surface area contributed by atoms with Gasteiger partial charge in [0.15, 0.2) is 0 Å². The van der Waals surface area contributed by atoms with Gasteiger partial charge in [0.05, 0.1) is 24.9 Å². The Bertz CT molecular complexity index is 974. The molecule has 226 valence electrons. The topological polar surface area (TPSA) is 162 Å². The van der Waals surface area contributed by atoms with E-state index < -0.39 is 5.25 Å². The van der Waals surface area contributed by atoms with Gasteiger partial charge in [0.25, 0.3) is 5.24 Å². The van der Waals surface area contributed by atoms with Gasteiger partial charge in [-0.3, -0.25) is 29.3 Å². The number of nitrogens with one attached hydrogen (secondary N) is 1. The van der Waals surface area contributed by atoms with E-state index in [0.29, 0.717) is 50.3 Å². The Morgan fingerprint density at radius 2 is 1.73 bits per heavy atom. The van der Waals surface area contributed by atoms with Crippen LogP contribution in [0, 0.1) is 0 Å². The Balaban J connectivity index is 0.00000760. The van der Waals surface area contributed by atoms with Gasteiger partial charge in [-0.2, -0.15) is 0 Å². The number of carbonyl (C=O) groups is 5. The molecule has 1 fully saturated rings. The average Bonchev–Trinajstić information content (AvgIpc) is 3.22. The van der Waals surface area contributed by atoms with Crippen LogP contribution in [0.1, 0.15) is 37.7 Å². The lowest BCUT2D eigenvalue weighted by Gasteiger charge is -2.18. The summed E-state index contributed by atoms with van der Waals surface area (Å²) in [7, 11) is 1.74. The van der Waals surface area contributed by atoms with Crippen molar-refractivity contribution in [2.45, 2.75) is 49.0 Å². The number of carbonyl (C=O) groups excluding carboxylic acids is 5. The average molecular weight is 658 g/mol. The number of halogens is 2. The van der Waals surface area contributed by atoms with Crippen LogP contribution >= 0.6 is 60.1 Å². The number of nitrogens with zero attached hydrogens (tertiary/aromatic N) is 1. The minimum absolute atomic E-state index is 0. The summed E-state index contributed by atoms with van der Waals surface area (Å²) in [5, 5.41) is 1.49. The van der Waals surface area contributed by atoms with Crippen LogP contribution in [0.2, 0.25) is 0 Å². The smallest absolute Gasteiger partial charge is 0.286 e. The van der Waals surface area contributed by atoms with Crippen molar-refractivity contribution in [3.05, 3.63) is 29.8 Å². The van der Waals surface area contributed by atoms with Gasteiger partial charge in [0.1, 0.15) is 12.4 Å². The highest BCUT2D eigenvalue weighted by atomic mass is 35.5. The third kappa shape index (κ3) is 14.9. The number of likely N-dealkylation sites (N-methyl/N-ethyl adjacent to an activating group) is 1. The number of ether oxygens (including phenoxy) is 1. The predicted molar refractivity (Wildman–Crippen MR) is 168 cm³/mol. The molecule has 0 radical (unpaired) electrons. The van der Waals surface area contributed by atoms with Gasteiger partial charge >= 0.3 is 0 Å². The number of imide groups is 1. The standard InChI is InChI=1S/C25H36N4O6S3.2ClH/c1-29(11-12-35-18-8-6-17(7-9-18)14-20-24(33)28-25(34)38-20)21(30)5-3-2-4-19(37-23(32)16-27)10-13-36-22(31)15-26;;/h6-9,19-20H,2-5,10-16,26-27H2,1H3,(H,28,33,34);2*1H. The molecular weight excluding hydrogens is 619 g/mol. The zero-order chi connectivity index (χ0) is 27.9. The Labute approximate surface area is 260 Å². The lowest BCUT2D eigenvalue weighted by Crippen LogP contribution is -2.30. The van der Waals surface area contributed by atoms with Gasteiger partial charge in [0.2, 0.25) is 22.0 Å².